The smallest absolute Gasteiger partial charge is 0.366 e. The molecule has 0 bridgehead atoms. The van der Waals surface area contributed by atoms with Gasteiger partial charge in [0.2, 0.25) is 5.91 Å². The Morgan fingerprint density at radius 1 is 0.649 bits per heavy atom. The maximum atomic E-state index is 15.3. The number of methoxy groups -OCH3 is 1. The molecule has 4 aliphatic rings. The van der Waals surface area contributed by atoms with Crippen LogP contribution in [-0.4, -0.2) is 209 Å². The van der Waals surface area contributed by atoms with Crippen molar-refractivity contribution >= 4 is 79.4 Å². The number of ether oxygens (including phenoxy) is 13. The first-order valence-electron chi connectivity index (χ1n) is 31.0. The van der Waals surface area contributed by atoms with Gasteiger partial charge in [-0.05, 0) is 28.6 Å². The number of rotatable bonds is 33. The van der Waals surface area contributed by atoms with Crippen molar-refractivity contribution in [3.63, 3.8) is 0 Å². The fraction of sp³-hybridized carbons (Fsp3) is 0.783. The lowest BCUT2D eigenvalue weighted by Gasteiger charge is -2.51. The molecule has 4 fully saturated rings. The summed E-state index contributed by atoms with van der Waals surface area (Å²) < 4.78 is 120. The molecule has 3 aliphatic heterocycles. The van der Waals surface area contributed by atoms with Crippen LogP contribution in [0.5, 0.6) is 0 Å². The molecule has 0 unspecified atom stereocenters. The Morgan fingerprint density at radius 2 is 1.14 bits per heavy atom. The molecule has 0 aromatic carbocycles. The number of hydrogen-bond donors (Lipinski definition) is 1. The van der Waals surface area contributed by atoms with Gasteiger partial charge < -0.3 is 93.4 Å². The van der Waals surface area contributed by atoms with Crippen LogP contribution >= 0.6 is 8.60 Å². The van der Waals surface area contributed by atoms with Crippen molar-refractivity contribution in [3.8, 4) is 12.1 Å². The molecule has 1 N–H and O–H groups in total. The Kier molecular flexibility index (Phi) is 32.0. The van der Waals surface area contributed by atoms with Crippen molar-refractivity contribution in [2.45, 2.75) is 250 Å². The summed E-state index contributed by atoms with van der Waals surface area (Å²) in [7, 11) is -8.73. The summed E-state index contributed by atoms with van der Waals surface area (Å²) in [5.74, 6) is -12.3. The van der Waals surface area contributed by atoms with E-state index in [0.29, 0.717) is 0 Å². The molecule has 0 spiro atoms. The van der Waals surface area contributed by atoms with Crippen LogP contribution in [0, 0.1) is 28.6 Å². The summed E-state index contributed by atoms with van der Waals surface area (Å²) >= 11 is 0. The van der Waals surface area contributed by atoms with Gasteiger partial charge in [-0.1, -0.05) is 61.5 Å². The van der Waals surface area contributed by atoms with Crippen molar-refractivity contribution in [2.24, 2.45) is 5.92 Å². The second-order valence-electron chi connectivity index (χ2n) is 24.1. The molecule has 31 nitrogen and oxygen atoms in total. The van der Waals surface area contributed by atoms with Gasteiger partial charge in [0.25, 0.3) is 5.79 Å². The van der Waals surface area contributed by atoms with E-state index in [1.165, 1.54) is 13.0 Å². The number of carbonyl (C=O) groups excluding carboxylic acids is 9. The van der Waals surface area contributed by atoms with Gasteiger partial charge in [0.1, 0.15) is 37.6 Å². The molecule has 16 atom stereocenters. The van der Waals surface area contributed by atoms with Gasteiger partial charge in [-0.15, -0.1) is 6.58 Å². The van der Waals surface area contributed by atoms with Gasteiger partial charge >= 0.3 is 73.5 Å². The number of nitrogens with one attached hydrogen (secondary N) is 1. The molecule has 0 radical (unpaired) electrons. The van der Waals surface area contributed by atoms with Crippen molar-refractivity contribution in [2.75, 3.05) is 46.8 Å². The molecule has 1 saturated carbocycles. The van der Waals surface area contributed by atoms with Gasteiger partial charge in [-0.25, -0.2) is 4.79 Å². The average molecular weight is 1390 g/mol. The largest absolute Gasteiger partial charge is 0.465 e. The maximum absolute atomic E-state index is 15.3. The van der Waals surface area contributed by atoms with E-state index >= 15 is 4.79 Å². The van der Waals surface area contributed by atoms with E-state index < -0.39 is 203 Å². The van der Waals surface area contributed by atoms with E-state index in [4.69, 9.17) is 88.1 Å². The Bertz CT molecular complexity index is 2660. The fourth-order valence-corrected chi connectivity index (χ4v) is 24.3. The topological polar surface area (TPSA) is 389 Å². The van der Waals surface area contributed by atoms with E-state index in [2.05, 4.69) is 11.9 Å². The van der Waals surface area contributed by atoms with Crippen LogP contribution in [-0.2, 0) is 131 Å². The van der Waals surface area contributed by atoms with Crippen LogP contribution in [0.4, 0.5) is 0 Å². The monoisotopic (exact) mass is 1390 g/mol. The lowest BCUT2D eigenvalue weighted by molar-refractivity contribution is -0.370. The second-order valence-corrected chi connectivity index (χ2v) is 34.1. The van der Waals surface area contributed by atoms with Crippen LogP contribution in [0.1, 0.15) is 136 Å². The van der Waals surface area contributed by atoms with E-state index in [0.717, 1.165) is 55.6 Å². The highest BCUT2D eigenvalue weighted by molar-refractivity contribution is 7.41. The minimum absolute atomic E-state index is 0.0100. The minimum Gasteiger partial charge on any atom is -0.465 e. The number of hydrogen-bond acceptors (Lipinski definition) is 30. The highest BCUT2D eigenvalue weighted by Gasteiger charge is 2.66. The molecule has 530 valence electrons. The Labute approximate surface area is 552 Å². The highest BCUT2D eigenvalue weighted by atomic mass is 31.2. The second kappa shape index (κ2) is 37.2. The Hall–Kier alpha value is -5.63. The van der Waals surface area contributed by atoms with E-state index in [9.17, 15) is 48.9 Å². The summed E-state index contributed by atoms with van der Waals surface area (Å²) in [6.07, 6.45) is -22.1. The highest BCUT2D eigenvalue weighted by Crippen LogP contribution is 2.53. The van der Waals surface area contributed by atoms with E-state index in [1.54, 1.807) is 0 Å². The van der Waals surface area contributed by atoms with Crippen molar-refractivity contribution in [1.29, 1.82) is 10.5 Å². The number of carbonyl (C=O) groups is 9. The molecule has 1 aliphatic carbocycles. The Morgan fingerprint density at radius 3 is 1.59 bits per heavy atom. The molecule has 0 aromatic heterocycles. The Balaban J connectivity index is 2.18. The third-order valence-corrected chi connectivity index (χ3v) is 27.1. The van der Waals surface area contributed by atoms with Gasteiger partial charge in [-0.3, -0.25) is 38.4 Å². The summed E-state index contributed by atoms with van der Waals surface area (Å²) in [6.45, 7) is 25.5. The molecular formula is C60H94N3O28PSi2. The maximum Gasteiger partial charge on any atom is 0.366 e. The molecule has 3 heterocycles. The van der Waals surface area contributed by atoms with Crippen LogP contribution < -0.4 is 5.32 Å². The zero-order valence-electron chi connectivity index (χ0n) is 56.6. The fourth-order valence-electron chi connectivity index (χ4n) is 11.9. The lowest BCUT2D eigenvalue weighted by Crippen LogP contribution is -2.69. The van der Waals surface area contributed by atoms with Crippen molar-refractivity contribution < 1.29 is 131 Å². The quantitative estimate of drug-likeness (QED) is 0.0213. The number of esters is 8. The predicted octanol–water partition coefficient (Wildman–Crippen LogP) is 5.45. The third kappa shape index (κ3) is 21.7. The zero-order valence-corrected chi connectivity index (χ0v) is 59.5. The van der Waals surface area contributed by atoms with Gasteiger partial charge in [0.05, 0.1) is 82.9 Å². The van der Waals surface area contributed by atoms with Gasteiger partial charge in [0.15, 0.2) is 36.8 Å². The molecule has 94 heavy (non-hydrogen) atoms. The van der Waals surface area contributed by atoms with Crippen LogP contribution in [0.25, 0.3) is 0 Å². The number of fused-ring (bicyclic) bond motifs is 1. The molecule has 4 rings (SSSR count). The summed E-state index contributed by atoms with van der Waals surface area (Å²) in [6, 6.07) is 3.02. The lowest BCUT2D eigenvalue weighted by atomic mass is 9.79. The normalized spacial score (nSPS) is 28.6. The van der Waals surface area contributed by atoms with Crippen molar-refractivity contribution in [1.82, 2.24) is 5.32 Å². The minimum atomic E-state index is -3.50. The molecule has 1 amide bonds. The first-order chi connectivity index (χ1) is 44.2. The van der Waals surface area contributed by atoms with Gasteiger partial charge in [-0.2, -0.15) is 10.5 Å². The predicted molar refractivity (Wildman–Crippen MR) is 327 cm³/mol. The first kappa shape index (κ1) is 80.8. The zero-order chi connectivity index (χ0) is 70.6. The SMILES string of the molecule is C=CCO[C@@H]1C[C@H](CO[C@]2(C(=O)OC)C[C@@H](OP(OCCC#N)OCCC#N)[C@@H](O[C@H]3O[C@H]([C@H](COC(C)=O)OC(C)=O)[C@@H](OC(C)=O)[C@H](OC(C)=O)[C@@H]3OC(C)=O)[C@@H]([C@@H](COC(C)=O)OC(C)=O)O2)[C@H]2O[Si](C(C)C)(C(C)C)O[Si](C(C)C)(C(C)C)O[C@@H]2[C@H]1NC(C)=O. The molecule has 3 saturated heterocycles. The van der Waals surface area contributed by atoms with Crippen LogP contribution in [0.15, 0.2) is 12.7 Å². The van der Waals surface area contributed by atoms with E-state index in [-0.39, 0.29) is 61.2 Å². The summed E-state index contributed by atoms with van der Waals surface area (Å²) in [5.41, 5.74) is -0.752. The molecule has 34 heteroatoms. The number of nitriles is 2. The molecular weight excluding hydrogens is 1300 g/mol. The molecule has 0 aromatic rings. The number of amides is 1. The van der Waals surface area contributed by atoms with E-state index in [1.807, 2.05) is 67.5 Å². The van der Waals surface area contributed by atoms with Crippen molar-refractivity contribution in [3.05, 3.63) is 12.7 Å². The average Bonchev–Trinajstić information content (AvgIpc) is 1.48. The standard InChI is InChI=1S/C60H94N3O28PSi2/c1-19-24-74-45-27-44(50-54(49(45)63-36(10)64)90-94(34(6)7,35(8)9)91-93(89-50,32(2)3)33(4)5)29-77-60(59(72)73-18)28-46(88-92(78-25-20-22-61)79-26-21-23-62)51(53(87-60)48(81-40(14)68)31-76-38(12)66)85-58-57(84-43(17)71)56(83-42(16)70)55(82-41(15)69)52(86-58)47(80-39(13)67)30-75-37(11)65/h19,32-35,44-58H,1,20-21,24-31H2,2-18H3,(H,63,64)/t44-,45-,46-,47+,48-,49+,50-,51-,52-,53-,54-,55-,56+,57+,58+,60-/m1/s1. The van der Waals surface area contributed by atoms with Gasteiger partial charge in [0, 0.05) is 67.7 Å². The van der Waals surface area contributed by atoms with Crippen LogP contribution in [0.2, 0.25) is 22.2 Å². The third-order valence-electron chi connectivity index (χ3n) is 15.6. The van der Waals surface area contributed by atoms with Crippen LogP contribution in [0.3, 0.4) is 0 Å². The summed E-state index contributed by atoms with van der Waals surface area (Å²) in [4.78, 5) is 120. The summed E-state index contributed by atoms with van der Waals surface area (Å²) in [5, 5.41) is 22.4. The number of nitrogens with zero attached hydrogens (tertiary/aromatic N) is 2. The first-order valence-corrected chi connectivity index (χ1v) is 36.1.